The van der Waals surface area contributed by atoms with E-state index >= 15 is 0 Å². The van der Waals surface area contributed by atoms with Crippen LogP contribution < -0.4 is 11.1 Å². The molecule has 0 aliphatic rings. The zero-order chi connectivity index (χ0) is 12.5. The lowest BCUT2D eigenvalue weighted by molar-refractivity contribution is 0.627. The van der Waals surface area contributed by atoms with Crippen molar-refractivity contribution in [2.45, 2.75) is 6.92 Å². The van der Waals surface area contributed by atoms with Crippen LogP contribution in [0.5, 0.6) is 0 Å². The van der Waals surface area contributed by atoms with Gasteiger partial charge in [0.25, 0.3) is 0 Å². The number of benzene rings is 1. The molecule has 92 valence electrons. The highest BCUT2D eigenvalue weighted by Crippen LogP contribution is 2.08. The van der Waals surface area contributed by atoms with Gasteiger partial charge in [0.15, 0.2) is 0 Å². The molecule has 1 rings (SSSR count). The lowest BCUT2D eigenvalue weighted by Crippen LogP contribution is -2.16. The molecular formula is C13H18FN3. The van der Waals surface area contributed by atoms with Gasteiger partial charge in [-0.05, 0) is 30.3 Å². The van der Waals surface area contributed by atoms with E-state index in [0.717, 1.165) is 25.2 Å². The van der Waals surface area contributed by atoms with E-state index in [9.17, 15) is 4.39 Å². The number of hydrogen-bond donors (Lipinski definition) is 2. The van der Waals surface area contributed by atoms with Crippen molar-refractivity contribution in [3.63, 3.8) is 0 Å². The molecule has 1 aromatic rings. The largest absolute Gasteiger partial charge is 0.398 e. The Kier molecular flexibility index (Phi) is 5.96. The smallest absolute Gasteiger partial charge is 0.123 e. The van der Waals surface area contributed by atoms with Gasteiger partial charge in [0, 0.05) is 18.5 Å². The molecular weight excluding hydrogens is 217 g/mol. The van der Waals surface area contributed by atoms with Gasteiger partial charge in [-0.3, -0.25) is 4.99 Å². The Bertz CT molecular complexity index is 382. The average molecular weight is 235 g/mol. The first kappa shape index (κ1) is 13.4. The molecule has 0 radical (unpaired) electrons. The molecule has 0 saturated carbocycles. The highest BCUT2D eigenvalue weighted by molar-refractivity contribution is 5.83. The Hall–Kier alpha value is -1.68. The zero-order valence-electron chi connectivity index (χ0n) is 9.99. The third kappa shape index (κ3) is 5.26. The van der Waals surface area contributed by atoms with Crippen LogP contribution in [-0.4, -0.2) is 25.8 Å². The summed E-state index contributed by atoms with van der Waals surface area (Å²) < 4.78 is 12.7. The van der Waals surface area contributed by atoms with E-state index in [0.29, 0.717) is 5.70 Å². The van der Waals surface area contributed by atoms with Crippen LogP contribution in [0.3, 0.4) is 0 Å². The van der Waals surface area contributed by atoms with Gasteiger partial charge >= 0.3 is 0 Å². The Morgan fingerprint density at radius 3 is 2.76 bits per heavy atom. The number of allylic oxidation sites excluding steroid dienone is 1. The van der Waals surface area contributed by atoms with E-state index in [1.807, 2.05) is 0 Å². The van der Waals surface area contributed by atoms with Crippen LogP contribution in [0.1, 0.15) is 12.5 Å². The Labute approximate surface area is 101 Å². The molecule has 0 amide bonds. The van der Waals surface area contributed by atoms with Crippen molar-refractivity contribution in [2.75, 3.05) is 19.6 Å². The lowest BCUT2D eigenvalue weighted by Gasteiger charge is -1.99. The molecule has 0 aliphatic heterocycles. The molecule has 0 saturated heterocycles. The van der Waals surface area contributed by atoms with Crippen molar-refractivity contribution in [1.29, 1.82) is 0 Å². The van der Waals surface area contributed by atoms with E-state index in [4.69, 9.17) is 5.73 Å². The molecule has 0 fully saturated rings. The van der Waals surface area contributed by atoms with Crippen LogP contribution in [0, 0.1) is 5.82 Å². The summed E-state index contributed by atoms with van der Waals surface area (Å²) in [5.74, 6) is -0.263. The predicted octanol–water partition coefficient (Wildman–Crippen LogP) is 1.81. The highest BCUT2D eigenvalue weighted by Gasteiger charge is 1.95. The number of nitrogens with two attached hydrogens (primary N) is 1. The SMILES string of the molecule is CCNCCN=CC=C(N)c1ccc(F)cc1. The number of hydrogen-bond acceptors (Lipinski definition) is 3. The van der Waals surface area contributed by atoms with Crippen molar-refractivity contribution in [1.82, 2.24) is 5.32 Å². The lowest BCUT2D eigenvalue weighted by atomic mass is 10.1. The van der Waals surface area contributed by atoms with Crippen molar-refractivity contribution in [3.05, 3.63) is 41.7 Å². The van der Waals surface area contributed by atoms with Crippen LogP contribution in [0.2, 0.25) is 0 Å². The standard InChI is InChI=1S/C13H18FN3/c1-2-16-9-10-17-8-7-13(15)11-3-5-12(14)6-4-11/h3-8,16H,2,9-10,15H2,1H3. The zero-order valence-corrected chi connectivity index (χ0v) is 9.99. The summed E-state index contributed by atoms with van der Waals surface area (Å²) in [6, 6.07) is 6.07. The van der Waals surface area contributed by atoms with Gasteiger partial charge in [-0.1, -0.05) is 19.1 Å². The Morgan fingerprint density at radius 1 is 1.41 bits per heavy atom. The summed E-state index contributed by atoms with van der Waals surface area (Å²) in [6.07, 6.45) is 3.40. The minimum Gasteiger partial charge on any atom is -0.398 e. The van der Waals surface area contributed by atoms with Crippen molar-refractivity contribution < 1.29 is 4.39 Å². The second-order valence-electron chi connectivity index (χ2n) is 3.54. The molecule has 3 nitrogen and oxygen atoms in total. The summed E-state index contributed by atoms with van der Waals surface area (Å²) in [6.45, 7) is 4.58. The summed E-state index contributed by atoms with van der Waals surface area (Å²) >= 11 is 0. The second kappa shape index (κ2) is 7.57. The topological polar surface area (TPSA) is 50.4 Å². The summed E-state index contributed by atoms with van der Waals surface area (Å²) in [5.41, 5.74) is 7.19. The van der Waals surface area contributed by atoms with Gasteiger partial charge in [-0.2, -0.15) is 0 Å². The maximum atomic E-state index is 12.7. The van der Waals surface area contributed by atoms with Crippen LogP contribution in [0.25, 0.3) is 5.70 Å². The molecule has 1 aromatic carbocycles. The molecule has 0 aliphatic carbocycles. The van der Waals surface area contributed by atoms with E-state index in [2.05, 4.69) is 17.2 Å². The van der Waals surface area contributed by atoms with E-state index in [1.54, 1.807) is 24.4 Å². The summed E-state index contributed by atoms with van der Waals surface area (Å²) in [7, 11) is 0. The van der Waals surface area contributed by atoms with Crippen molar-refractivity contribution >= 4 is 11.9 Å². The maximum absolute atomic E-state index is 12.7. The third-order valence-electron chi connectivity index (χ3n) is 2.20. The second-order valence-corrected chi connectivity index (χ2v) is 3.54. The van der Waals surface area contributed by atoms with Crippen LogP contribution in [0.4, 0.5) is 4.39 Å². The quantitative estimate of drug-likeness (QED) is 0.583. The first-order valence-electron chi connectivity index (χ1n) is 5.66. The van der Waals surface area contributed by atoms with E-state index < -0.39 is 0 Å². The number of aliphatic imine (C=N–C) groups is 1. The van der Waals surface area contributed by atoms with Gasteiger partial charge in [-0.15, -0.1) is 0 Å². The average Bonchev–Trinajstić information content (AvgIpc) is 2.34. The molecule has 0 aromatic heterocycles. The van der Waals surface area contributed by atoms with Gasteiger partial charge in [-0.25, -0.2) is 4.39 Å². The number of halogens is 1. The molecule has 17 heavy (non-hydrogen) atoms. The molecule has 0 spiro atoms. The normalized spacial score (nSPS) is 12.2. The molecule has 0 atom stereocenters. The molecule has 0 bridgehead atoms. The molecule has 4 heteroatoms. The van der Waals surface area contributed by atoms with E-state index in [-0.39, 0.29) is 5.82 Å². The minimum absolute atomic E-state index is 0.263. The number of likely N-dealkylation sites (N-methyl/N-ethyl adjacent to an activating group) is 1. The van der Waals surface area contributed by atoms with E-state index in [1.165, 1.54) is 12.1 Å². The van der Waals surface area contributed by atoms with Gasteiger partial charge < -0.3 is 11.1 Å². The van der Waals surface area contributed by atoms with Crippen molar-refractivity contribution in [3.8, 4) is 0 Å². The minimum atomic E-state index is -0.263. The van der Waals surface area contributed by atoms with Crippen LogP contribution >= 0.6 is 0 Å². The fourth-order valence-corrected chi connectivity index (χ4v) is 1.27. The predicted molar refractivity (Wildman–Crippen MR) is 70.5 cm³/mol. The summed E-state index contributed by atoms with van der Waals surface area (Å²) in [5, 5.41) is 3.17. The maximum Gasteiger partial charge on any atom is 0.123 e. The molecule has 0 unspecified atom stereocenters. The Balaban J connectivity index is 2.46. The van der Waals surface area contributed by atoms with Gasteiger partial charge in [0.05, 0.1) is 6.54 Å². The van der Waals surface area contributed by atoms with Crippen molar-refractivity contribution in [2.24, 2.45) is 10.7 Å². The monoisotopic (exact) mass is 235 g/mol. The first-order valence-corrected chi connectivity index (χ1v) is 5.66. The molecule has 0 heterocycles. The fourth-order valence-electron chi connectivity index (χ4n) is 1.27. The number of nitrogens with zero attached hydrogens (tertiary/aromatic N) is 1. The number of nitrogens with one attached hydrogen (secondary N) is 1. The van der Waals surface area contributed by atoms with Crippen LogP contribution in [-0.2, 0) is 0 Å². The molecule has 3 N–H and O–H groups in total. The van der Waals surface area contributed by atoms with Gasteiger partial charge in [0.2, 0.25) is 0 Å². The highest BCUT2D eigenvalue weighted by atomic mass is 19.1. The van der Waals surface area contributed by atoms with Gasteiger partial charge in [0.1, 0.15) is 5.82 Å². The first-order chi connectivity index (χ1) is 8.24. The summed E-state index contributed by atoms with van der Waals surface area (Å²) in [4.78, 5) is 4.17. The van der Waals surface area contributed by atoms with Crippen LogP contribution in [0.15, 0.2) is 35.3 Å². The number of rotatable bonds is 6. The fraction of sp³-hybridized carbons (Fsp3) is 0.308. The Morgan fingerprint density at radius 2 is 2.12 bits per heavy atom. The third-order valence-corrected chi connectivity index (χ3v) is 2.20.